The van der Waals surface area contributed by atoms with E-state index < -0.39 is 5.60 Å². The summed E-state index contributed by atoms with van der Waals surface area (Å²) in [5.74, 6) is 1.51. The normalized spacial score (nSPS) is 19.5. The number of unbranched alkanes of at least 4 members (excludes halogenated alkanes) is 3. The Morgan fingerprint density at radius 1 is 0.514 bits per heavy atom. The van der Waals surface area contributed by atoms with Gasteiger partial charge in [-0.15, -0.1) is 0 Å². The standard InChI is InChI=1S/3C14H22N2O.C14H22N2.CH4O.5CH4/c1-2-13(17)11-16-9-6-12(7-10-16)14-5-3-4-8-15-14;1-2-3-10-16-11-7-14(17,8-12-16)13-6-4-5-9-15-13;1-2-3-9-16-10-7-12(14(17)11-16)13-6-4-5-8-15-13;1-2-3-10-16-11-7-13(8-12-16)14-6-4-5-9-15-14;1-2;;;;;/h3-5,8,12-13,17H,2,6-7,9-11H2,1H3;4-6,9,17H,2-3,7-8,10-12H2,1H3;4-6,8,12,14,17H,2-3,7,9-11H2,1H3;4-6,9,13H,2-3,7-8,10-12H2,1H3;2H,1H3;5*1H4. The monoisotopic (exact) mass is 1030 g/mol. The van der Waals surface area contributed by atoms with Gasteiger partial charge in [0.05, 0.1) is 17.9 Å². The van der Waals surface area contributed by atoms with Crippen LogP contribution in [0.4, 0.5) is 0 Å². The lowest BCUT2D eigenvalue weighted by Gasteiger charge is -2.37. The van der Waals surface area contributed by atoms with Crippen molar-refractivity contribution in [2.24, 2.45) is 0 Å². The summed E-state index contributed by atoms with van der Waals surface area (Å²) in [5, 5.41) is 37.4. The van der Waals surface area contributed by atoms with Gasteiger partial charge in [-0.05, 0) is 172 Å². The zero-order chi connectivity index (χ0) is 49.5. The molecule has 0 aliphatic carbocycles. The van der Waals surface area contributed by atoms with Crippen LogP contribution in [0.2, 0.25) is 0 Å². The van der Waals surface area contributed by atoms with Gasteiger partial charge in [0, 0.05) is 92.9 Å². The van der Waals surface area contributed by atoms with Crippen molar-refractivity contribution >= 4 is 0 Å². The summed E-state index contributed by atoms with van der Waals surface area (Å²) in [6, 6.07) is 24.2. The number of hydrogen-bond donors (Lipinski definition) is 4. The highest BCUT2D eigenvalue weighted by Crippen LogP contribution is 2.32. The van der Waals surface area contributed by atoms with Gasteiger partial charge in [0.15, 0.2) is 0 Å². The molecule has 0 radical (unpaired) electrons. The Bertz CT molecular complexity index is 1810. The van der Waals surface area contributed by atoms with Crippen molar-refractivity contribution in [3.05, 3.63) is 120 Å². The van der Waals surface area contributed by atoms with Crippen molar-refractivity contribution in [1.82, 2.24) is 39.5 Å². The van der Waals surface area contributed by atoms with E-state index in [1.165, 1.54) is 82.4 Å². The van der Waals surface area contributed by atoms with E-state index in [-0.39, 0.29) is 55.3 Å². The lowest BCUT2D eigenvalue weighted by atomic mass is 9.87. The molecule has 4 aliphatic rings. The zero-order valence-electron chi connectivity index (χ0n) is 43.4. The highest BCUT2D eigenvalue weighted by molar-refractivity contribution is 5.15. The summed E-state index contributed by atoms with van der Waals surface area (Å²) in [5.41, 5.74) is 3.68. The minimum absolute atomic E-state index is 0. The van der Waals surface area contributed by atoms with Crippen molar-refractivity contribution in [3.63, 3.8) is 0 Å². The fraction of sp³-hybridized carbons (Fsp3) is 0.677. The van der Waals surface area contributed by atoms with Crippen molar-refractivity contribution in [1.29, 1.82) is 0 Å². The van der Waals surface area contributed by atoms with E-state index in [0.717, 1.165) is 116 Å². The van der Waals surface area contributed by atoms with Crippen LogP contribution in [-0.4, -0.2) is 158 Å². The number of likely N-dealkylation sites (tertiary alicyclic amines) is 4. The molecule has 0 saturated carbocycles. The average Bonchev–Trinajstić information content (AvgIpc) is 3.42. The van der Waals surface area contributed by atoms with Gasteiger partial charge in [0.25, 0.3) is 0 Å². The summed E-state index contributed by atoms with van der Waals surface area (Å²) in [6.45, 7) is 21.6. The van der Waals surface area contributed by atoms with E-state index in [1.54, 1.807) is 6.20 Å². The molecule has 4 aromatic rings. The summed E-state index contributed by atoms with van der Waals surface area (Å²) in [4.78, 5) is 27.3. The molecule has 4 fully saturated rings. The lowest BCUT2D eigenvalue weighted by Crippen LogP contribution is -2.43. The van der Waals surface area contributed by atoms with Crippen LogP contribution in [-0.2, 0) is 5.60 Å². The number of hydrogen-bond acceptors (Lipinski definition) is 12. The minimum Gasteiger partial charge on any atom is -0.400 e. The third-order valence-corrected chi connectivity index (χ3v) is 14.4. The number of aromatic nitrogens is 4. The Morgan fingerprint density at radius 3 is 1.30 bits per heavy atom. The quantitative estimate of drug-likeness (QED) is 0.0847. The van der Waals surface area contributed by atoms with Crippen LogP contribution in [0.3, 0.4) is 0 Å². The van der Waals surface area contributed by atoms with Gasteiger partial charge >= 0.3 is 0 Å². The van der Waals surface area contributed by atoms with Gasteiger partial charge in [-0.2, -0.15) is 0 Å². The van der Waals surface area contributed by atoms with Gasteiger partial charge in [0.1, 0.15) is 5.60 Å². The molecule has 12 nitrogen and oxygen atoms in total. The fourth-order valence-corrected chi connectivity index (χ4v) is 9.85. The molecule has 3 unspecified atom stereocenters. The number of nitrogens with zero attached hydrogens (tertiary/aromatic N) is 8. The predicted octanol–water partition coefficient (Wildman–Crippen LogP) is 12.1. The largest absolute Gasteiger partial charge is 0.400 e. The molecule has 4 aromatic heterocycles. The molecule has 424 valence electrons. The molecule has 4 aliphatic heterocycles. The highest BCUT2D eigenvalue weighted by Gasteiger charge is 2.35. The Kier molecular flexibility index (Phi) is 41.5. The minimum atomic E-state index is -0.704. The maximum Gasteiger partial charge on any atom is 0.109 e. The first-order valence-corrected chi connectivity index (χ1v) is 26.8. The van der Waals surface area contributed by atoms with Crippen LogP contribution < -0.4 is 0 Å². The Balaban J connectivity index is 0. The zero-order valence-corrected chi connectivity index (χ0v) is 43.4. The second kappa shape index (κ2) is 42.4. The van der Waals surface area contributed by atoms with E-state index in [2.05, 4.69) is 84.6 Å². The first-order valence-electron chi connectivity index (χ1n) is 26.8. The molecule has 74 heavy (non-hydrogen) atoms. The molecule has 8 rings (SSSR count). The number of aliphatic hydroxyl groups excluding tert-OH is 3. The van der Waals surface area contributed by atoms with E-state index in [1.807, 2.05) is 74.0 Å². The van der Waals surface area contributed by atoms with E-state index in [9.17, 15) is 15.3 Å². The van der Waals surface area contributed by atoms with Crippen molar-refractivity contribution in [2.75, 3.05) is 85.6 Å². The SMILES string of the molecule is C.C.C.C.C.CCC(O)CN1CCC(c2ccccn2)CC1.CCCCN1CCC(O)(c2ccccn2)CC1.CCCCN1CCC(c2ccccn2)C(O)C1.CCCCN1CCC(c2ccccn2)CC1.CO. The first kappa shape index (κ1) is 72.4. The topological polar surface area (TPSA) is 145 Å². The average molecular weight is 1030 g/mol. The molecule has 3 atom stereocenters. The van der Waals surface area contributed by atoms with E-state index in [0.29, 0.717) is 11.8 Å². The van der Waals surface area contributed by atoms with E-state index >= 15 is 0 Å². The molecular weight excluding hydrogens is 921 g/mol. The maximum atomic E-state index is 10.6. The predicted molar refractivity (Wildman–Crippen MR) is 316 cm³/mol. The second-order valence-corrected chi connectivity index (χ2v) is 19.4. The summed E-state index contributed by atoms with van der Waals surface area (Å²) < 4.78 is 0. The molecule has 0 spiro atoms. The summed E-state index contributed by atoms with van der Waals surface area (Å²) in [6.07, 6.45) is 22.8. The van der Waals surface area contributed by atoms with Crippen LogP contribution in [0.15, 0.2) is 97.6 Å². The van der Waals surface area contributed by atoms with E-state index in [4.69, 9.17) is 5.11 Å². The van der Waals surface area contributed by atoms with Gasteiger partial charge < -0.3 is 40.0 Å². The van der Waals surface area contributed by atoms with Crippen molar-refractivity contribution < 1.29 is 20.4 Å². The molecule has 4 N–H and O–H groups in total. The third kappa shape index (κ3) is 25.9. The van der Waals surface area contributed by atoms with Gasteiger partial charge in [-0.3, -0.25) is 19.9 Å². The Labute approximate surface area is 454 Å². The molecule has 4 saturated heterocycles. The third-order valence-electron chi connectivity index (χ3n) is 14.4. The highest BCUT2D eigenvalue weighted by atomic mass is 16.3. The Hall–Kier alpha value is -3.72. The second-order valence-electron chi connectivity index (χ2n) is 19.4. The van der Waals surface area contributed by atoms with Gasteiger partial charge in [-0.1, -0.05) is 108 Å². The Morgan fingerprint density at radius 2 is 0.905 bits per heavy atom. The summed E-state index contributed by atoms with van der Waals surface area (Å²) in [7, 11) is 1.00. The van der Waals surface area contributed by atoms with Gasteiger partial charge in [0.2, 0.25) is 0 Å². The fourth-order valence-electron chi connectivity index (χ4n) is 9.85. The van der Waals surface area contributed by atoms with Crippen molar-refractivity contribution in [3.8, 4) is 0 Å². The first-order chi connectivity index (χ1) is 33.7. The van der Waals surface area contributed by atoms with Crippen LogP contribution in [0.5, 0.6) is 0 Å². The van der Waals surface area contributed by atoms with Crippen LogP contribution >= 0.6 is 0 Å². The molecular formula is C62H112N8O4. The number of β-amino-alcohol motifs (C(OH)–C–C–N with tert-alkyl or cyclic N) is 2. The lowest BCUT2D eigenvalue weighted by molar-refractivity contribution is -0.0294. The molecule has 0 bridgehead atoms. The maximum absolute atomic E-state index is 10.6. The number of aliphatic hydroxyl groups is 4. The number of piperidine rings is 4. The number of rotatable bonds is 16. The van der Waals surface area contributed by atoms with Crippen LogP contribution in [0.1, 0.15) is 195 Å². The molecule has 8 heterocycles. The van der Waals surface area contributed by atoms with Crippen molar-refractivity contribution in [2.45, 2.75) is 190 Å². The van der Waals surface area contributed by atoms with Crippen LogP contribution in [0.25, 0.3) is 0 Å². The molecule has 0 aromatic carbocycles. The molecule has 0 amide bonds. The molecule has 12 heteroatoms. The smallest absolute Gasteiger partial charge is 0.109 e. The van der Waals surface area contributed by atoms with Gasteiger partial charge in [-0.25, -0.2) is 0 Å². The summed E-state index contributed by atoms with van der Waals surface area (Å²) >= 11 is 0. The van der Waals surface area contributed by atoms with Crippen LogP contribution in [0, 0.1) is 0 Å². The number of pyridine rings is 4.